The summed E-state index contributed by atoms with van der Waals surface area (Å²) in [5.41, 5.74) is 1.02. The predicted octanol–water partition coefficient (Wildman–Crippen LogP) is 3.01. The first-order valence-corrected chi connectivity index (χ1v) is 8.59. The molecule has 1 aromatic heterocycles. The number of hydrogen-bond donors (Lipinski definition) is 2. The minimum atomic E-state index is -0.666. The molecule has 2 aromatic rings. The second-order valence-electron chi connectivity index (χ2n) is 6.93. The van der Waals surface area contributed by atoms with Gasteiger partial charge in [0.2, 0.25) is 0 Å². The van der Waals surface area contributed by atoms with Crippen molar-refractivity contribution in [3.05, 3.63) is 45.3 Å². The molecule has 1 aromatic carbocycles. The Kier molecular flexibility index (Phi) is 4.63. The normalized spacial score (nSPS) is 19.8. The van der Waals surface area contributed by atoms with Gasteiger partial charge in [0.05, 0.1) is 6.10 Å². The van der Waals surface area contributed by atoms with Crippen LogP contribution in [0.15, 0.2) is 27.4 Å². The second-order valence-corrected chi connectivity index (χ2v) is 6.93. The number of fused-ring (bicyclic) bond motifs is 1. The van der Waals surface area contributed by atoms with Crippen LogP contribution in [0.25, 0.3) is 16.7 Å². The summed E-state index contributed by atoms with van der Waals surface area (Å²) >= 11 is 0. The maximum atomic E-state index is 12.4. The molecule has 3 rings (SSSR count). The van der Waals surface area contributed by atoms with E-state index < -0.39 is 11.7 Å². The number of rotatable bonds is 3. The van der Waals surface area contributed by atoms with Gasteiger partial charge in [-0.15, -0.1) is 0 Å². The van der Waals surface area contributed by atoms with Crippen molar-refractivity contribution in [2.45, 2.75) is 52.2 Å². The minimum absolute atomic E-state index is 0.00664. The lowest BCUT2D eigenvalue weighted by molar-refractivity contribution is -0.117. The molecule has 26 heavy (non-hydrogen) atoms. The highest BCUT2D eigenvalue weighted by molar-refractivity contribution is 5.98. The Labute approximate surface area is 150 Å². The Hall–Kier alpha value is -2.60. The van der Waals surface area contributed by atoms with Crippen LogP contribution in [0.4, 0.5) is 0 Å². The third-order valence-corrected chi connectivity index (χ3v) is 4.88. The summed E-state index contributed by atoms with van der Waals surface area (Å²) in [5, 5.41) is 20.8. The highest BCUT2D eigenvalue weighted by atomic mass is 16.5. The number of aromatic hydroxyl groups is 1. The zero-order chi connectivity index (χ0) is 19.2. The maximum absolute atomic E-state index is 12.4. The van der Waals surface area contributed by atoms with E-state index in [9.17, 15) is 19.8 Å². The van der Waals surface area contributed by atoms with E-state index in [-0.39, 0.29) is 46.9 Å². The number of ketones is 1. The van der Waals surface area contributed by atoms with Crippen LogP contribution in [0.5, 0.6) is 5.75 Å². The zero-order valence-electron chi connectivity index (χ0n) is 15.2. The number of phenols is 1. The monoisotopic (exact) mass is 358 g/mol. The molecule has 6 heteroatoms. The van der Waals surface area contributed by atoms with Crippen molar-refractivity contribution in [1.82, 2.24) is 0 Å². The summed E-state index contributed by atoms with van der Waals surface area (Å²) in [5.74, 6) is -0.233. The van der Waals surface area contributed by atoms with Gasteiger partial charge in [0.25, 0.3) is 0 Å². The zero-order valence-corrected chi connectivity index (χ0v) is 15.2. The van der Waals surface area contributed by atoms with Gasteiger partial charge in [-0.2, -0.15) is 0 Å². The number of aliphatic hydroxyl groups excluding tert-OH is 1. The first-order chi connectivity index (χ1) is 12.2. The van der Waals surface area contributed by atoms with Gasteiger partial charge in [-0.05, 0) is 38.0 Å². The summed E-state index contributed by atoms with van der Waals surface area (Å²) in [6.45, 7) is 7.00. The van der Waals surface area contributed by atoms with Crippen molar-refractivity contribution in [2.24, 2.45) is 0 Å². The standard InChI is InChI=1S/C20H22O6/c1-9-5-13(22)6-17(25-9)15-7-14-18(26-20(15)24)8-16(23)11(3)19(14)10(2)12(4)21/h6-10,12,21,23H,5H2,1-4H3/t9-,10-,12-/m0/s1. The van der Waals surface area contributed by atoms with E-state index in [0.29, 0.717) is 16.5 Å². The van der Waals surface area contributed by atoms with E-state index in [2.05, 4.69) is 0 Å². The van der Waals surface area contributed by atoms with Crippen molar-refractivity contribution in [3.63, 3.8) is 0 Å². The Morgan fingerprint density at radius 1 is 1.23 bits per heavy atom. The number of phenolic OH excluding ortho intramolecular Hbond substituents is 1. The van der Waals surface area contributed by atoms with E-state index in [1.807, 2.05) is 6.92 Å². The van der Waals surface area contributed by atoms with Crippen molar-refractivity contribution < 1.29 is 24.2 Å². The highest BCUT2D eigenvalue weighted by Gasteiger charge is 2.25. The molecule has 0 radical (unpaired) electrons. The van der Waals surface area contributed by atoms with Crippen molar-refractivity contribution in [3.8, 4) is 5.75 Å². The summed E-state index contributed by atoms with van der Waals surface area (Å²) in [6, 6.07) is 3.00. The molecule has 1 aliphatic heterocycles. The number of hydrogen-bond acceptors (Lipinski definition) is 6. The second kappa shape index (κ2) is 6.61. The third kappa shape index (κ3) is 3.12. The van der Waals surface area contributed by atoms with Crippen LogP contribution in [0.1, 0.15) is 49.8 Å². The summed E-state index contributed by atoms with van der Waals surface area (Å²) in [6.07, 6.45) is 0.582. The smallest absolute Gasteiger partial charge is 0.347 e. The van der Waals surface area contributed by atoms with Crippen LogP contribution in [-0.2, 0) is 9.53 Å². The van der Waals surface area contributed by atoms with Gasteiger partial charge in [-0.1, -0.05) is 6.92 Å². The third-order valence-electron chi connectivity index (χ3n) is 4.88. The minimum Gasteiger partial charge on any atom is -0.508 e. The van der Waals surface area contributed by atoms with Gasteiger partial charge in [-0.25, -0.2) is 4.79 Å². The maximum Gasteiger partial charge on any atom is 0.347 e. The van der Waals surface area contributed by atoms with E-state index >= 15 is 0 Å². The fourth-order valence-corrected chi connectivity index (χ4v) is 3.30. The summed E-state index contributed by atoms with van der Waals surface area (Å²) < 4.78 is 11.0. The molecular formula is C20H22O6. The SMILES string of the molecule is Cc1c(O)cc2oc(=O)c(C3=CC(=O)C[C@H](C)O3)cc2c1[C@@H](C)[C@H](C)O. The van der Waals surface area contributed by atoms with Crippen LogP contribution in [0.2, 0.25) is 0 Å². The molecule has 2 heterocycles. The lowest BCUT2D eigenvalue weighted by Crippen LogP contribution is -2.21. The van der Waals surface area contributed by atoms with Crippen LogP contribution in [0, 0.1) is 6.92 Å². The van der Waals surface area contributed by atoms with E-state index in [1.165, 1.54) is 12.1 Å². The van der Waals surface area contributed by atoms with Gasteiger partial charge in [0, 0.05) is 29.9 Å². The molecule has 0 saturated heterocycles. The van der Waals surface area contributed by atoms with Crippen molar-refractivity contribution in [2.75, 3.05) is 0 Å². The molecule has 138 valence electrons. The van der Waals surface area contributed by atoms with E-state index in [1.54, 1.807) is 26.8 Å². The van der Waals surface area contributed by atoms with Gasteiger partial charge in [-0.3, -0.25) is 4.79 Å². The highest BCUT2D eigenvalue weighted by Crippen LogP contribution is 2.36. The number of carbonyl (C=O) groups excluding carboxylic acids is 1. The molecule has 2 N–H and O–H groups in total. The number of benzene rings is 1. The van der Waals surface area contributed by atoms with Crippen molar-refractivity contribution >= 4 is 22.5 Å². The van der Waals surface area contributed by atoms with Gasteiger partial charge >= 0.3 is 5.63 Å². The molecule has 0 bridgehead atoms. The molecule has 0 amide bonds. The molecule has 6 nitrogen and oxygen atoms in total. The Bertz CT molecular complexity index is 966. The largest absolute Gasteiger partial charge is 0.508 e. The quantitative estimate of drug-likeness (QED) is 0.819. The lowest BCUT2D eigenvalue weighted by Gasteiger charge is -2.22. The van der Waals surface area contributed by atoms with Crippen molar-refractivity contribution in [1.29, 1.82) is 0 Å². The van der Waals surface area contributed by atoms with Gasteiger partial charge in [0.1, 0.15) is 28.8 Å². The number of allylic oxidation sites excluding steroid dienone is 1. The van der Waals surface area contributed by atoms with Gasteiger partial charge in [0.15, 0.2) is 5.78 Å². The first-order valence-electron chi connectivity index (χ1n) is 8.59. The van der Waals surface area contributed by atoms with Crippen LogP contribution in [-0.4, -0.2) is 28.2 Å². The molecule has 3 atom stereocenters. The molecule has 0 saturated carbocycles. The first kappa shape index (κ1) is 18.2. The summed E-state index contributed by atoms with van der Waals surface area (Å²) in [4.78, 5) is 24.3. The topological polar surface area (TPSA) is 97.0 Å². The number of ether oxygens (including phenoxy) is 1. The molecule has 0 spiro atoms. The van der Waals surface area contributed by atoms with Crippen LogP contribution >= 0.6 is 0 Å². The Morgan fingerprint density at radius 3 is 2.54 bits per heavy atom. The number of aliphatic hydroxyl groups is 1. The van der Waals surface area contributed by atoms with Crippen LogP contribution in [0.3, 0.4) is 0 Å². The molecular weight excluding hydrogens is 336 g/mol. The molecule has 0 unspecified atom stereocenters. The van der Waals surface area contributed by atoms with Crippen LogP contribution < -0.4 is 5.63 Å². The van der Waals surface area contributed by atoms with E-state index in [0.717, 1.165) is 0 Å². The number of carbonyl (C=O) groups is 1. The van der Waals surface area contributed by atoms with Gasteiger partial charge < -0.3 is 19.4 Å². The molecule has 0 fully saturated rings. The predicted molar refractivity (Wildman–Crippen MR) is 97.1 cm³/mol. The van der Waals surface area contributed by atoms with E-state index in [4.69, 9.17) is 9.15 Å². The average molecular weight is 358 g/mol. The lowest BCUT2D eigenvalue weighted by atomic mass is 9.88. The molecule has 0 aliphatic carbocycles. The summed E-state index contributed by atoms with van der Waals surface area (Å²) in [7, 11) is 0. The Balaban J connectivity index is 2.30. The fraction of sp³-hybridized carbons (Fsp3) is 0.400. The Morgan fingerprint density at radius 2 is 1.92 bits per heavy atom. The fourth-order valence-electron chi connectivity index (χ4n) is 3.30. The average Bonchev–Trinajstić information content (AvgIpc) is 2.54. The molecule has 1 aliphatic rings.